The summed E-state index contributed by atoms with van der Waals surface area (Å²) in [7, 11) is 1.58. The smallest absolute Gasteiger partial charge is 0.253 e. The molecule has 2 atom stereocenters. The molecule has 1 aliphatic carbocycles. The molecule has 1 aromatic rings. The number of nitrogens with two attached hydrogens (primary N) is 1. The third kappa shape index (κ3) is 3.44. The molecule has 20 heavy (non-hydrogen) atoms. The Balaban J connectivity index is 2.10. The maximum absolute atomic E-state index is 12.4. The van der Waals surface area contributed by atoms with Gasteiger partial charge in [0.15, 0.2) is 0 Å². The predicted molar refractivity (Wildman–Crippen MR) is 80.9 cm³/mol. The summed E-state index contributed by atoms with van der Waals surface area (Å²) in [4.78, 5) is 12.4. The largest absolute Gasteiger partial charge is 0.497 e. The third-order valence-corrected chi connectivity index (χ3v) is 4.18. The van der Waals surface area contributed by atoms with Gasteiger partial charge in [0.2, 0.25) is 0 Å². The Kier molecular flexibility index (Phi) is 4.88. The first-order chi connectivity index (χ1) is 9.61. The minimum absolute atomic E-state index is 0.0971. The maximum atomic E-state index is 12.4. The first kappa shape index (κ1) is 14.7. The second kappa shape index (κ2) is 6.64. The van der Waals surface area contributed by atoms with Crippen molar-refractivity contribution in [2.75, 3.05) is 12.8 Å². The average molecular weight is 276 g/mol. The summed E-state index contributed by atoms with van der Waals surface area (Å²) in [6.07, 6.45) is 5.94. The zero-order valence-electron chi connectivity index (χ0n) is 12.3. The molecular formula is C16H24N2O2. The van der Waals surface area contributed by atoms with Crippen LogP contribution < -0.4 is 15.8 Å². The van der Waals surface area contributed by atoms with E-state index in [1.54, 1.807) is 25.3 Å². The van der Waals surface area contributed by atoms with Crippen molar-refractivity contribution in [2.45, 2.75) is 45.1 Å². The summed E-state index contributed by atoms with van der Waals surface area (Å²) < 4.78 is 5.16. The van der Waals surface area contributed by atoms with Crippen LogP contribution in [-0.2, 0) is 0 Å². The summed E-state index contributed by atoms with van der Waals surface area (Å²) in [6.45, 7) is 2.21. The first-order valence-corrected chi connectivity index (χ1v) is 7.36. The van der Waals surface area contributed by atoms with Gasteiger partial charge in [0, 0.05) is 11.7 Å². The zero-order chi connectivity index (χ0) is 14.5. The highest BCUT2D eigenvalue weighted by Gasteiger charge is 2.23. The standard InChI is InChI=1S/C16H24N2O2/c1-11-6-4-3-5-7-15(11)18-16(19)13-10-12(20-2)8-9-14(13)17/h8-11,15H,3-7,17H2,1-2H3,(H,18,19). The van der Waals surface area contributed by atoms with E-state index in [2.05, 4.69) is 12.2 Å². The van der Waals surface area contributed by atoms with Gasteiger partial charge in [-0.3, -0.25) is 4.79 Å². The Morgan fingerprint density at radius 2 is 2.05 bits per heavy atom. The lowest BCUT2D eigenvalue weighted by Gasteiger charge is -2.23. The summed E-state index contributed by atoms with van der Waals surface area (Å²) >= 11 is 0. The molecule has 0 aliphatic heterocycles. The zero-order valence-corrected chi connectivity index (χ0v) is 12.3. The van der Waals surface area contributed by atoms with Crippen molar-refractivity contribution in [2.24, 2.45) is 5.92 Å². The monoisotopic (exact) mass is 276 g/mol. The van der Waals surface area contributed by atoms with Gasteiger partial charge in [-0.05, 0) is 37.0 Å². The highest BCUT2D eigenvalue weighted by molar-refractivity contribution is 5.99. The normalized spacial score (nSPS) is 22.9. The SMILES string of the molecule is COc1ccc(N)c(C(=O)NC2CCCCCC2C)c1. The van der Waals surface area contributed by atoms with Gasteiger partial charge in [-0.25, -0.2) is 0 Å². The first-order valence-electron chi connectivity index (χ1n) is 7.36. The number of rotatable bonds is 3. The minimum atomic E-state index is -0.0971. The van der Waals surface area contributed by atoms with Gasteiger partial charge < -0.3 is 15.8 Å². The van der Waals surface area contributed by atoms with Crippen molar-refractivity contribution in [1.82, 2.24) is 5.32 Å². The van der Waals surface area contributed by atoms with Crippen molar-refractivity contribution < 1.29 is 9.53 Å². The van der Waals surface area contributed by atoms with Crippen molar-refractivity contribution in [3.63, 3.8) is 0 Å². The van der Waals surface area contributed by atoms with E-state index in [0.29, 0.717) is 22.9 Å². The van der Waals surface area contributed by atoms with Crippen LogP contribution in [0.25, 0.3) is 0 Å². The number of amides is 1. The molecule has 1 aromatic carbocycles. The summed E-state index contributed by atoms with van der Waals surface area (Å²) in [5.74, 6) is 1.08. The predicted octanol–water partition coefficient (Wildman–Crippen LogP) is 2.98. The summed E-state index contributed by atoms with van der Waals surface area (Å²) in [6, 6.07) is 5.42. The van der Waals surface area contributed by atoms with Gasteiger partial charge in [-0.15, -0.1) is 0 Å². The number of hydrogen-bond acceptors (Lipinski definition) is 3. The molecule has 0 radical (unpaired) electrons. The summed E-state index contributed by atoms with van der Waals surface area (Å²) in [5.41, 5.74) is 6.89. The maximum Gasteiger partial charge on any atom is 0.253 e. The highest BCUT2D eigenvalue weighted by Crippen LogP contribution is 2.24. The summed E-state index contributed by atoms with van der Waals surface area (Å²) in [5, 5.41) is 3.14. The van der Waals surface area contributed by atoms with Crippen LogP contribution in [0.5, 0.6) is 5.75 Å². The number of methoxy groups -OCH3 is 1. The fourth-order valence-corrected chi connectivity index (χ4v) is 2.81. The van der Waals surface area contributed by atoms with E-state index in [0.717, 1.165) is 6.42 Å². The van der Waals surface area contributed by atoms with Crippen molar-refractivity contribution in [3.05, 3.63) is 23.8 Å². The Hall–Kier alpha value is -1.71. The number of carbonyl (C=O) groups is 1. The van der Waals surface area contributed by atoms with Crippen molar-refractivity contribution >= 4 is 11.6 Å². The van der Waals surface area contributed by atoms with Gasteiger partial charge in [0.25, 0.3) is 5.91 Å². The van der Waals surface area contributed by atoms with Crippen LogP contribution >= 0.6 is 0 Å². The molecule has 0 heterocycles. The lowest BCUT2D eigenvalue weighted by molar-refractivity contribution is 0.0922. The molecule has 2 rings (SSSR count). The van der Waals surface area contributed by atoms with Crippen LogP contribution in [0.2, 0.25) is 0 Å². The fraction of sp³-hybridized carbons (Fsp3) is 0.562. The molecule has 0 bridgehead atoms. The van der Waals surface area contributed by atoms with E-state index in [1.807, 2.05) is 0 Å². The second-order valence-electron chi connectivity index (χ2n) is 5.65. The molecule has 3 N–H and O–H groups in total. The number of benzene rings is 1. The Bertz CT molecular complexity index is 474. The van der Waals surface area contributed by atoms with E-state index < -0.39 is 0 Å². The van der Waals surface area contributed by atoms with Crippen LogP contribution in [0, 0.1) is 5.92 Å². The van der Waals surface area contributed by atoms with Crippen molar-refractivity contribution in [3.8, 4) is 5.75 Å². The van der Waals surface area contributed by atoms with Crippen LogP contribution in [0.4, 0.5) is 5.69 Å². The Morgan fingerprint density at radius 3 is 2.80 bits per heavy atom. The third-order valence-electron chi connectivity index (χ3n) is 4.18. The second-order valence-corrected chi connectivity index (χ2v) is 5.65. The molecule has 4 nitrogen and oxygen atoms in total. The van der Waals surface area contributed by atoms with Gasteiger partial charge in [-0.2, -0.15) is 0 Å². The van der Waals surface area contributed by atoms with E-state index in [4.69, 9.17) is 10.5 Å². The molecule has 1 aliphatic rings. The number of anilines is 1. The number of ether oxygens (including phenoxy) is 1. The number of nitrogens with one attached hydrogen (secondary N) is 1. The van der Waals surface area contributed by atoms with E-state index in [1.165, 1.54) is 25.7 Å². The molecule has 1 amide bonds. The van der Waals surface area contributed by atoms with Crippen LogP contribution in [0.15, 0.2) is 18.2 Å². The highest BCUT2D eigenvalue weighted by atomic mass is 16.5. The molecule has 4 heteroatoms. The molecule has 0 aromatic heterocycles. The van der Waals surface area contributed by atoms with Gasteiger partial charge >= 0.3 is 0 Å². The molecule has 0 spiro atoms. The van der Waals surface area contributed by atoms with Gasteiger partial charge in [0.05, 0.1) is 12.7 Å². The topological polar surface area (TPSA) is 64.3 Å². The van der Waals surface area contributed by atoms with E-state index in [9.17, 15) is 4.79 Å². The van der Waals surface area contributed by atoms with E-state index >= 15 is 0 Å². The van der Waals surface area contributed by atoms with Gasteiger partial charge in [0.1, 0.15) is 5.75 Å². The number of hydrogen-bond donors (Lipinski definition) is 2. The van der Waals surface area contributed by atoms with Crippen LogP contribution in [0.3, 0.4) is 0 Å². The molecule has 1 fully saturated rings. The minimum Gasteiger partial charge on any atom is -0.497 e. The number of nitrogen functional groups attached to an aromatic ring is 1. The Labute approximate surface area is 120 Å². The van der Waals surface area contributed by atoms with Crippen LogP contribution in [-0.4, -0.2) is 19.1 Å². The van der Waals surface area contributed by atoms with Crippen molar-refractivity contribution in [1.29, 1.82) is 0 Å². The average Bonchev–Trinajstić information content (AvgIpc) is 2.64. The lowest BCUT2D eigenvalue weighted by atomic mass is 9.96. The van der Waals surface area contributed by atoms with Gasteiger partial charge in [-0.1, -0.05) is 26.2 Å². The molecule has 1 saturated carbocycles. The van der Waals surface area contributed by atoms with E-state index in [-0.39, 0.29) is 11.9 Å². The molecule has 0 saturated heterocycles. The number of carbonyl (C=O) groups excluding carboxylic acids is 1. The molecular weight excluding hydrogens is 252 g/mol. The Morgan fingerprint density at radius 1 is 1.30 bits per heavy atom. The lowest BCUT2D eigenvalue weighted by Crippen LogP contribution is -2.39. The molecule has 110 valence electrons. The van der Waals surface area contributed by atoms with Crippen LogP contribution in [0.1, 0.15) is 49.4 Å². The fourth-order valence-electron chi connectivity index (χ4n) is 2.81. The quantitative estimate of drug-likeness (QED) is 0.659. The molecule has 2 unspecified atom stereocenters.